The first-order chi connectivity index (χ1) is 7.63. The van der Waals surface area contributed by atoms with Crippen molar-refractivity contribution in [2.75, 3.05) is 13.1 Å². The van der Waals surface area contributed by atoms with E-state index in [1.165, 1.54) is 45.2 Å². The molecule has 1 heterocycles. The van der Waals surface area contributed by atoms with Crippen LogP contribution in [-0.4, -0.2) is 24.0 Å². The number of rotatable bonds is 2. The van der Waals surface area contributed by atoms with E-state index in [-0.39, 0.29) is 0 Å². The topological polar surface area (TPSA) is 27.0 Å². The summed E-state index contributed by atoms with van der Waals surface area (Å²) >= 11 is 0. The van der Waals surface area contributed by atoms with Crippen molar-refractivity contribution in [3.8, 4) is 6.07 Å². The molecule has 0 aromatic carbocycles. The fourth-order valence-corrected chi connectivity index (χ4v) is 3.51. The first kappa shape index (κ1) is 11.9. The Labute approximate surface area is 99.6 Å². The van der Waals surface area contributed by atoms with Crippen LogP contribution in [0.4, 0.5) is 0 Å². The molecule has 16 heavy (non-hydrogen) atoms. The lowest BCUT2D eigenvalue weighted by Crippen LogP contribution is -2.49. The van der Waals surface area contributed by atoms with Gasteiger partial charge < -0.3 is 0 Å². The number of likely N-dealkylation sites (tertiary alicyclic amines) is 1. The largest absolute Gasteiger partial charge is 0.300 e. The molecule has 2 nitrogen and oxygen atoms in total. The van der Waals surface area contributed by atoms with Crippen LogP contribution in [0.5, 0.6) is 0 Å². The molecule has 1 atom stereocenters. The molecule has 0 aromatic rings. The van der Waals surface area contributed by atoms with Crippen LogP contribution in [0.3, 0.4) is 0 Å². The molecular formula is C14H24N2. The molecule has 90 valence electrons. The number of nitriles is 1. The summed E-state index contributed by atoms with van der Waals surface area (Å²) in [4.78, 5) is 2.70. The molecule has 1 aliphatic carbocycles. The summed E-state index contributed by atoms with van der Waals surface area (Å²) in [6.07, 6.45) is 7.60. The minimum absolute atomic E-state index is 0.330. The summed E-state index contributed by atoms with van der Waals surface area (Å²) in [6.45, 7) is 7.11. The Bertz CT molecular complexity index is 271. The average molecular weight is 220 g/mol. The van der Waals surface area contributed by atoms with Crippen LogP contribution in [0.1, 0.15) is 52.4 Å². The molecular weight excluding hydrogens is 196 g/mol. The summed E-state index contributed by atoms with van der Waals surface area (Å²) in [5.74, 6) is 0.607. The van der Waals surface area contributed by atoms with Gasteiger partial charge in [-0.15, -0.1) is 0 Å². The van der Waals surface area contributed by atoms with Crippen molar-refractivity contribution in [2.24, 2.45) is 11.3 Å². The van der Waals surface area contributed by atoms with Crippen LogP contribution in [-0.2, 0) is 0 Å². The number of hydrogen-bond donors (Lipinski definition) is 0. The van der Waals surface area contributed by atoms with Gasteiger partial charge in [0.1, 0.15) is 0 Å². The van der Waals surface area contributed by atoms with Gasteiger partial charge >= 0.3 is 0 Å². The molecule has 0 amide bonds. The zero-order valence-electron chi connectivity index (χ0n) is 10.7. The van der Waals surface area contributed by atoms with Crippen LogP contribution >= 0.6 is 0 Å². The molecule has 2 heteroatoms. The minimum atomic E-state index is 0.330. The highest BCUT2D eigenvalue weighted by molar-refractivity contribution is 4.94. The van der Waals surface area contributed by atoms with E-state index in [0.717, 1.165) is 12.5 Å². The van der Waals surface area contributed by atoms with Gasteiger partial charge in [0.25, 0.3) is 0 Å². The van der Waals surface area contributed by atoms with Gasteiger partial charge in [-0.25, -0.2) is 0 Å². The van der Waals surface area contributed by atoms with Gasteiger partial charge in [-0.1, -0.05) is 26.7 Å². The van der Waals surface area contributed by atoms with E-state index < -0.39 is 0 Å². The second-order valence-corrected chi connectivity index (χ2v) is 6.25. The highest BCUT2D eigenvalue weighted by Crippen LogP contribution is 2.39. The van der Waals surface area contributed by atoms with Crippen molar-refractivity contribution < 1.29 is 0 Å². The Kier molecular flexibility index (Phi) is 3.54. The normalized spacial score (nSPS) is 31.4. The zero-order chi connectivity index (χ0) is 11.6. The van der Waals surface area contributed by atoms with Crippen LogP contribution in [0.25, 0.3) is 0 Å². The van der Waals surface area contributed by atoms with Gasteiger partial charge in [-0.3, -0.25) is 4.90 Å². The van der Waals surface area contributed by atoms with Crippen molar-refractivity contribution in [3.63, 3.8) is 0 Å². The molecule has 2 fully saturated rings. The van der Waals surface area contributed by atoms with Crippen LogP contribution in [0.15, 0.2) is 0 Å². The molecule has 0 bridgehead atoms. The molecule has 1 saturated heterocycles. The Morgan fingerprint density at radius 2 is 1.94 bits per heavy atom. The number of hydrogen-bond acceptors (Lipinski definition) is 2. The van der Waals surface area contributed by atoms with Crippen LogP contribution < -0.4 is 0 Å². The Hall–Kier alpha value is -0.550. The lowest BCUT2D eigenvalue weighted by atomic mass is 9.72. The summed E-state index contributed by atoms with van der Waals surface area (Å²) in [6, 6.07) is 3.21. The fourth-order valence-electron chi connectivity index (χ4n) is 3.51. The number of nitrogens with zero attached hydrogens (tertiary/aromatic N) is 2. The van der Waals surface area contributed by atoms with Gasteiger partial charge in [0.15, 0.2) is 0 Å². The standard InChI is InChI=1S/C14H24N2/c1-14(2)11-16(13-5-3-4-6-13)10-8-12(14)7-9-15/h12-13H,3-8,10-11H2,1-2H3. The molecule has 0 radical (unpaired) electrons. The third-order valence-corrected chi connectivity index (χ3v) is 4.66. The van der Waals surface area contributed by atoms with E-state index in [1.54, 1.807) is 0 Å². The van der Waals surface area contributed by atoms with E-state index in [9.17, 15) is 0 Å². The third-order valence-electron chi connectivity index (χ3n) is 4.66. The van der Waals surface area contributed by atoms with Crippen LogP contribution in [0, 0.1) is 22.7 Å². The highest BCUT2D eigenvalue weighted by Gasteiger charge is 2.38. The second kappa shape index (κ2) is 4.75. The Morgan fingerprint density at radius 3 is 2.50 bits per heavy atom. The van der Waals surface area contributed by atoms with Gasteiger partial charge in [-0.05, 0) is 37.1 Å². The van der Waals surface area contributed by atoms with E-state index >= 15 is 0 Å². The highest BCUT2D eigenvalue weighted by atomic mass is 15.2. The second-order valence-electron chi connectivity index (χ2n) is 6.25. The SMILES string of the molecule is CC1(C)CN(C2CCCC2)CCC1CC#N. The molecule has 2 aliphatic rings. The van der Waals surface area contributed by atoms with Crippen LogP contribution in [0.2, 0.25) is 0 Å². The van der Waals surface area contributed by atoms with E-state index in [2.05, 4.69) is 24.8 Å². The Morgan fingerprint density at radius 1 is 1.25 bits per heavy atom. The van der Waals surface area contributed by atoms with Gasteiger partial charge in [0, 0.05) is 19.0 Å². The summed E-state index contributed by atoms with van der Waals surface area (Å²) < 4.78 is 0. The van der Waals surface area contributed by atoms with E-state index in [0.29, 0.717) is 11.3 Å². The minimum Gasteiger partial charge on any atom is -0.300 e. The average Bonchev–Trinajstić information content (AvgIpc) is 2.74. The Balaban J connectivity index is 1.95. The van der Waals surface area contributed by atoms with Crippen molar-refractivity contribution in [1.29, 1.82) is 5.26 Å². The molecule has 0 aromatic heterocycles. The molecule has 1 aliphatic heterocycles. The van der Waals surface area contributed by atoms with E-state index in [4.69, 9.17) is 5.26 Å². The summed E-state index contributed by atoms with van der Waals surface area (Å²) in [5.41, 5.74) is 0.330. The van der Waals surface area contributed by atoms with Crippen molar-refractivity contribution in [1.82, 2.24) is 4.90 Å². The van der Waals surface area contributed by atoms with Gasteiger partial charge in [-0.2, -0.15) is 5.26 Å². The third kappa shape index (κ3) is 2.40. The van der Waals surface area contributed by atoms with Crippen molar-refractivity contribution >= 4 is 0 Å². The fraction of sp³-hybridized carbons (Fsp3) is 0.929. The first-order valence-corrected chi connectivity index (χ1v) is 6.74. The monoisotopic (exact) mass is 220 g/mol. The number of piperidine rings is 1. The maximum absolute atomic E-state index is 8.86. The lowest BCUT2D eigenvalue weighted by Gasteiger charge is -2.46. The molecule has 0 N–H and O–H groups in total. The van der Waals surface area contributed by atoms with E-state index in [1.807, 2.05) is 0 Å². The predicted octanol–water partition coefficient (Wildman–Crippen LogP) is 3.19. The van der Waals surface area contributed by atoms with Gasteiger partial charge in [0.2, 0.25) is 0 Å². The first-order valence-electron chi connectivity index (χ1n) is 6.74. The van der Waals surface area contributed by atoms with Gasteiger partial charge in [0.05, 0.1) is 6.07 Å². The molecule has 2 rings (SSSR count). The van der Waals surface area contributed by atoms with Crippen molar-refractivity contribution in [3.05, 3.63) is 0 Å². The molecule has 0 spiro atoms. The summed E-state index contributed by atoms with van der Waals surface area (Å²) in [5, 5.41) is 8.86. The molecule has 1 saturated carbocycles. The lowest BCUT2D eigenvalue weighted by molar-refractivity contribution is 0.0313. The maximum atomic E-state index is 8.86. The molecule has 1 unspecified atom stereocenters. The quantitative estimate of drug-likeness (QED) is 0.714. The zero-order valence-corrected chi connectivity index (χ0v) is 10.7. The van der Waals surface area contributed by atoms with Crippen molar-refractivity contribution in [2.45, 2.75) is 58.4 Å². The maximum Gasteiger partial charge on any atom is 0.0624 e. The summed E-state index contributed by atoms with van der Waals surface area (Å²) in [7, 11) is 0. The predicted molar refractivity (Wildman–Crippen MR) is 65.9 cm³/mol. The smallest absolute Gasteiger partial charge is 0.0624 e.